The summed E-state index contributed by atoms with van der Waals surface area (Å²) in [6, 6.07) is 4.78. The minimum atomic E-state index is 0.143. The molecular weight excluding hydrogens is 258 g/mol. The molecule has 0 aliphatic heterocycles. The molecule has 106 valence electrons. The second-order valence-electron chi connectivity index (χ2n) is 6.48. The first-order valence-corrected chi connectivity index (χ1v) is 7.38. The average Bonchev–Trinajstić information content (AvgIpc) is 3.15. The van der Waals surface area contributed by atoms with Crippen LogP contribution in [0, 0.1) is 19.3 Å². The zero-order valence-electron chi connectivity index (χ0n) is 12.3. The lowest BCUT2D eigenvalue weighted by molar-refractivity contribution is 0.176. The van der Waals surface area contributed by atoms with Gasteiger partial charge in [0.25, 0.3) is 0 Å². The molecule has 19 heavy (non-hydrogen) atoms. The molecule has 0 spiro atoms. The molecule has 1 aromatic rings. The zero-order chi connectivity index (χ0) is 14.0. The Labute approximate surface area is 121 Å². The molecule has 1 N–H and O–H groups in total. The van der Waals surface area contributed by atoms with Crippen LogP contribution in [0.25, 0.3) is 0 Å². The van der Waals surface area contributed by atoms with Crippen molar-refractivity contribution in [2.24, 2.45) is 5.41 Å². The molecule has 1 aliphatic rings. The van der Waals surface area contributed by atoms with E-state index in [4.69, 9.17) is 16.3 Å². The summed E-state index contributed by atoms with van der Waals surface area (Å²) < 4.78 is 5.94. The maximum atomic E-state index is 6.17. The monoisotopic (exact) mass is 281 g/mol. The fourth-order valence-corrected chi connectivity index (χ4v) is 2.14. The maximum absolute atomic E-state index is 6.17. The Kier molecular flexibility index (Phi) is 4.42. The van der Waals surface area contributed by atoms with Gasteiger partial charge in [0.05, 0.1) is 6.61 Å². The van der Waals surface area contributed by atoms with Gasteiger partial charge >= 0.3 is 0 Å². The lowest BCUT2D eigenvalue weighted by Gasteiger charge is -2.25. The average molecular weight is 282 g/mol. The fraction of sp³-hybridized carbons (Fsp3) is 0.625. The minimum Gasteiger partial charge on any atom is -0.493 e. The number of hydrogen-bond donors (Lipinski definition) is 1. The molecule has 0 bridgehead atoms. The van der Waals surface area contributed by atoms with E-state index in [1.54, 1.807) is 0 Å². The molecule has 2 rings (SSSR count). The highest BCUT2D eigenvalue weighted by Crippen LogP contribution is 2.27. The van der Waals surface area contributed by atoms with E-state index >= 15 is 0 Å². The Hall–Kier alpha value is -0.730. The Morgan fingerprint density at radius 2 is 1.84 bits per heavy atom. The van der Waals surface area contributed by atoms with Crippen LogP contribution in [0.15, 0.2) is 12.1 Å². The second kappa shape index (κ2) is 5.72. The van der Waals surface area contributed by atoms with Crippen molar-refractivity contribution in [2.75, 3.05) is 13.2 Å². The zero-order valence-corrected chi connectivity index (χ0v) is 13.1. The number of rotatable bonds is 6. The Bertz CT molecular complexity index is 429. The highest BCUT2D eigenvalue weighted by molar-refractivity contribution is 6.32. The van der Waals surface area contributed by atoms with Crippen LogP contribution in [-0.2, 0) is 0 Å². The molecule has 0 heterocycles. The van der Waals surface area contributed by atoms with Crippen LogP contribution in [0.1, 0.15) is 37.8 Å². The van der Waals surface area contributed by atoms with Crippen molar-refractivity contribution in [2.45, 2.75) is 46.6 Å². The number of aryl methyl sites for hydroxylation is 2. The first-order chi connectivity index (χ1) is 8.87. The molecule has 1 aliphatic carbocycles. The van der Waals surface area contributed by atoms with Crippen LogP contribution in [-0.4, -0.2) is 19.2 Å². The minimum absolute atomic E-state index is 0.143. The molecule has 0 aromatic heterocycles. The van der Waals surface area contributed by atoms with E-state index in [1.807, 2.05) is 26.0 Å². The lowest BCUT2D eigenvalue weighted by atomic mass is 9.95. The number of halogens is 1. The van der Waals surface area contributed by atoms with E-state index < -0.39 is 0 Å². The Balaban J connectivity index is 1.89. The van der Waals surface area contributed by atoms with Gasteiger partial charge in [-0.25, -0.2) is 0 Å². The number of hydrogen-bond acceptors (Lipinski definition) is 2. The topological polar surface area (TPSA) is 21.3 Å². The highest BCUT2D eigenvalue weighted by Gasteiger charge is 2.25. The van der Waals surface area contributed by atoms with E-state index in [-0.39, 0.29) is 5.41 Å². The quantitative estimate of drug-likeness (QED) is 0.847. The Morgan fingerprint density at radius 1 is 1.26 bits per heavy atom. The smallest absolute Gasteiger partial charge is 0.119 e. The van der Waals surface area contributed by atoms with Crippen molar-refractivity contribution >= 4 is 11.6 Å². The molecular formula is C16H24ClNO. The van der Waals surface area contributed by atoms with Gasteiger partial charge in [-0.05, 0) is 49.9 Å². The maximum Gasteiger partial charge on any atom is 0.119 e. The normalized spacial score (nSPS) is 15.6. The number of ether oxygens (including phenoxy) is 1. The third-order valence-corrected chi connectivity index (χ3v) is 4.08. The third-order valence-electron chi connectivity index (χ3n) is 3.49. The van der Waals surface area contributed by atoms with Gasteiger partial charge < -0.3 is 10.1 Å². The molecule has 1 saturated carbocycles. The van der Waals surface area contributed by atoms with Crippen LogP contribution in [0.3, 0.4) is 0 Å². The number of nitrogens with one attached hydrogen (secondary N) is 1. The van der Waals surface area contributed by atoms with E-state index in [1.165, 1.54) is 12.8 Å². The van der Waals surface area contributed by atoms with Gasteiger partial charge in [0.2, 0.25) is 0 Å². The summed E-state index contributed by atoms with van der Waals surface area (Å²) in [4.78, 5) is 0. The predicted octanol–water partition coefficient (Wildman–Crippen LogP) is 4.11. The molecule has 0 saturated heterocycles. The first-order valence-electron chi connectivity index (χ1n) is 7.00. The van der Waals surface area contributed by atoms with Crippen LogP contribution in [0.4, 0.5) is 0 Å². The van der Waals surface area contributed by atoms with Crippen molar-refractivity contribution in [1.82, 2.24) is 5.32 Å². The van der Waals surface area contributed by atoms with Gasteiger partial charge in [-0.2, -0.15) is 0 Å². The summed E-state index contributed by atoms with van der Waals surface area (Å²) in [7, 11) is 0. The second-order valence-corrected chi connectivity index (χ2v) is 6.86. The summed E-state index contributed by atoms with van der Waals surface area (Å²) in [5, 5.41) is 4.40. The van der Waals surface area contributed by atoms with Crippen LogP contribution in [0.5, 0.6) is 5.75 Å². The summed E-state index contributed by atoms with van der Waals surface area (Å²) >= 11 is 6.17. The van der Waals surface area contributed by atoms with Gasteiger partial charge in [0.1, 0.15) is 5.75 Å². The van der Waals surface area contributed by atoms with E-state index in [2.05, 4.69) is 19.2 Å². The van der Waals surface area contributed by atoms with Crippen molar-refractivity contribution < 1.29 is 4.74 Å². The van der Waals surface area contributed by atoms with Crippen molar-refractivity contribution in [1.29, 1.82) is 0 Å². The molecule has 0 unspecified atom stereocenters. The van der Waals surface area contributed by atoms with E-state index in [0.29, 0.717) is 6.61 Å². The van der Waals surface area contributed by atoms with Gasteiger partial charge in [0, 0.05) is 23.0 Å². The summed E-state index contributed by atoms with van der Waals surface area (Å²) in [6.45, 7) is 10.2. The first kappa shape index (κ1) is 14.7. The molecule has 1 aromatic carbocycles. The van der Waals surface area contributed by atoms with Gasteiger partial charge in [-0.3, -0.25) is 0 Å². The van der Waals surface area contributed by atoms with Crippen LogP contribution in [0.2, 0.25) is 5.02 Å². The molecule has 0 radical (unpaired) electrons. The predicted molar refractivity (Wildman–Crippen MR) is 81.2 cm³/mol. The molecule has 2 nitrogen and oxygen atoms in total. The summed E-state index contributed by atoms with van der Waals surface area (Å²) in [5.41, 5.74) is 2.29. The van der Waals surface area contributed by atoms with Crippen LogP contribution < -0.4 is 10.1 Å². The van der Waals surface area contributed by atoms with E-state index in [9.17, 15) is 0 Å². The van der Waals surface area contributed by atoms with Gasteiger partial charge in [-0.15, -0.1) is 0 Å². The van der Waals surface area contributed by atoms with Crippen molar-refractivity contribution in [3.63, 3.8) is 0 Å². The third kappa shape index (κ3) is 4.39. The van der Waals surface area contributed by atoms with Gasteiger partial charge in [-0.1, -0.05) is 25.4 Å². The number of benzene rings is 1. The largest absolute Gasteiger partial charge is 0.493 e. The standard InChI is InChI=1S/C16H24ClNO/c1-11-7-14(8-12(2)15(11)17)19-10-16(3,4)9-18-13-5-6-13/h7-8,13,18H,5-6,9-10H2,1-4H3. The fourth-order valence-electron chi connectivity index (χ4n) is 2.03. The van der Waals surface area contributed by atoms with E-state index in [0.717, 1.165) is 34.5 Å². The van der Waals surface area contributed by atoms with Crippen LogP contribution >= 0.6 is 11.6 Å². The lowest BCUT2D eigenvalue weighted by Crippen LogP contribution is -2.35. The van der Waals surface area contributed by atoms with Crippen molar-refractivity contribution in [3.05, 3.63) is 28.3 Å². The Morgan fingerprint density at radius 3 is 2.37 bits per heavy atom. The highest BCUT2D eigenvalue weighted by atomic mass is 35.5. The molecule has 3 heteroatoms. The van der Waals surface area contributed by atoms with Crippen molar-refractivity contribution in [3.8, 4) is 5.75 Å². The summed E-state index contributed by atoms with van der Waals surface area (Å²) in [6.07, 6.45) is 2.65. The molecule has 1 fully saturated rings. The SMILES string of the molecule is Cc1cc(OCC(C)(C)CNC2CC2)cc(C)c1Cl. The van der Waals surface area contributed by atoms with Gasteiger partial charge in [0.15, 0.2) is 0 Å². The summed E-state index contributed by atoms with van der Waals surface area (Å²) in [5.74, 6) is 0.916. The molecule has 0 atom stereocenters. The molecule has 0 amide bonds.